The molecule has 1 fully saturated rings. The van der Waals surface area contributed by atoms with Crippen molar-refractivity contribution < 1.29 is 9.59 Å². The van der Waals surface area contributed by atoms with Crippen LogP contribution in [-0.4, -0.2) is 47.8 Å². The van der Waals surface area contributed by atoms with Crippen LogP contribution in [0.3, 0.4) is 0 Å². The minimum Gasteiger partial charge on any atom is -0.344 e. The van der Waals surface area contributed by atoms with Crippen molar-refractivity contribution in [1.29, 1.82) is 0 Å². The number of rotatable bonds is 7. The SMILES string of the molecule is Cc1cc(C)n([C@@H](C)C(=O)N2CCc3c(c(C(=O)NCc4nccs4)nn3CC3CC3)C2)n1. The van der Waals surface area contributed by atoms with Crippen LogP contribution in [0.5, 0.6) is 0 Å². The molecule has 1 saturated carbocycles. The Morgan fingerprint density at radius 3 is 2.76 bits per heavy atom. The van der Waals surface area contributed by atoms with Gasteiger partial charge in [0.25, 0.3) is 5.91 Å². The number of nitrogens with zero attached hydrogens (tertiary/aromatic N) is 6. The molecule has 0 bridgehead atoms. The average Bonchev–Trinajstić information content (AvgIpc) is 3.18. The van der Waals surface area contributed by atoms with Crippen LogP contribution in [0.25, 0.3) is 0 Å². The first-order chi connectivity index (χ1) is 15.9. The maximum absolute atomic E-state index is 13.4. The van der Waals surface area contributed by atoms with Gasteiger partial charge < -0.3 is 10.2 Å². The number of nitrogens with one attached hydrogen (secondary N) is 1. The second kappa shape index (κ2) is 8.74. The largest absolute Gasteiger partial charge is 0.344 e. The molecule has 5 rings (SSSR count). The Labute approximate surface area is 196 Å². The molecule has 0 aromatic carbocycles. The average molecular weight is 468 g/mol. The van der Waals surface area contributed by atoms with Gasteiger partial charge in [-0.3, -0.25) is 19.0 Å². The van der Waals surface area contributed by atoms with Gasteiger partial charge in [0.1, 0.15) is 11.0 Å². The standard InChI is InChI=1S/C23H29N7O2S/c1-14-10-15(2)30(26-14)16(3)23(32)28-8-6-19-18(13-28)21(27-29(19)12-17-4-5-17)22(31)25-11-20-24-7-9-33-20/h7,9-10,16-17H,4-6,8,11-13H2,1-3H3,(H,25,31)/t16-/m0/s1. The van der Waals surface area contributed by atoms with Crippen LogP contribution in [0, 0.1) is 19.8 Å². The molecule has 0 radical (unpaired) electrons. The highest BCUT2D eigenvalue weighted by atomic mass is 32.1. The van der Waals surface area contributed by atoms with Gasteiger partial charge in [0.2, 0.25) is 5.91 Å². The van der Waals surface area contributed by atoms with Crippen molar-refractivity contribution in [3.63, 3.8) is 0 Å². The molecule has 0 unspecified atom stereocenters. The zero-order valence-electron chi connectivity index (χ0n) is 19.2. The second-order valence-electron chi connectivity index (χ2n) is 9.07. The van der Waals surface area contributed by atoms with E-state index in [9.17, 15) is 9.59 Å². The first-order valence-corrected chi connectivity index (χ1v) is 12.4. The quantitative estimate of drug-likeness (QED) is 0.576. The summed E-state index contributed by atoms with van der Waals surface area (Å²) in [4.78, 5) is 32.5. The van der Waals surface area contributed by atoms with Gasteiger partial charge in [-0.15, -0.1) is 11.3 Å². The van der Waals surface area contributed by atoms with Gasteiger partial charge in [-0.2, -0.15) is 10.2 Å². The lowest BCUT2D eigenvalue weighted by Gasteiger charge is -2.30. The van der Waals surface area contributed by atoms with E-state index in [1.54, 1.807) is 10.9 Å². The molecule has 4 heterocycles. The smallest absolute Gasteiger partial charge is 0.272 e. The van der Waals surface area contributed by atoms with Crippen LogP contribution in [0.2, 0.25) is 0 Å². The summed E-state index contributed by atoms with van der Waals surface area (Å²) in [6.07, 6.45) is 4.85. The zero-order chi connectivity index (χ0) is 23.1. The van der Waals surface area contributed by atoms with E-state index < -0.39 is 6.04 Å². The third kappa shape index (κ3) is 4.44. The van der Waals surface area contributed by atoms with Gasteiger partial charge in [0.05, 0.1) is 12.2 Å². The molecule has 2 amide bonds. The maximum Gasteiger partial charge on any atom is 0.272 e. The number of thiazole rings is 1. The van der Waals surface area contributed by atoms with Crippen molar-refractivity contribution >= 4 is 23.2 Å². The first kappa shape index (κ1) is 21.8. The highest BCUT2D eigenvalue weighted by molar-refractivity contribution is 7.09. The molecule has 3 aromatic rings. The summed E-state index contributed by atoms with van der Waals surface area (Å²) in [7, 11) is 0. The van der Waals surface area contributed by atoms with Gasteiger partial charge in [-0.05, 0) is 45.6 Å². The number of aromatic nitrogens is 5. The van der Waals surface area contributed by atoms with Crippen LogP contribution in [0.15, 0.2) is 17.6 Å². The summed E-state index contributed by atoms with van der Waals surface area (Å²) >= 11 is 1.51. The van der Waals surface area contributed by atoms with E-state index in [0.29, 0.717) is 37.7 Å². The van der Waals surface area contributed by atoms with Crippen molar-refractivity contribution in [2.24, 2.45) is 5.92 Å². The van der Waals surface area contributed by atoms with Crippen molar-refractivity contribution in [2.75, 3.05) is 6.54 Å². The molecule has 2 aliphatic rings. The van der Waals surface area contributed by atoms with Crippen LogP contribution in [0.1, 0.15) is 63.9 Å². The molecular formula is C23H29N7O2S. The Morgan fingerprint density at radius 2 is 2.09 bits per heavy atom. The molecule has 1 N–H and O–H groups in total. The molecule has 1 aliphatic heterocycles. The summed E-state index contributed by atoms with van der Waals surface area (Å²) in [5, 5.41) is 14.9. The number of aryl methyl sites for hydroxylation is 2. The molecule has 174 valence electrons. The topological polar surface area (TPSA) is 97.9 Å². The van der Waals surface area contributed by atoms with Gasteiger partial charge in [-0.25, -0.2) is 4.98 Å². The van der Waals surface area contributed by atoms with E-state index in [1.807, 2.05) is 41.8 Å². The molecule has 0 spiro atoms. The maximum atomic E-state index is 13.4. The summed E-state index contributed by atoms with van der Waals surface area (Å²) < 4.78 is 3.79. The zero-order valence-corrected chi connectivity index (χ0v) is 20.1. The summed E-state index contributed by atoms with van der Waals surface area (Å²) in [6, 6.07) is 1.58. The fraction of sp³-hybridized carbons (Fsp3) is 0.522. The van der Waals surface area contributed by atoms with E-state index >= 15 is 0 Å². The number of carbonyl (C=O) groups excluding carboxylic acids is 2. The third-order valence-electron chi connectivity index (χ3n) is 6.44. The van der Waals surface area contributed by atoms with E-state index in [0.717, 1.165) is 34.2 Å². The van der Waals surface area contributed by atoms with Crippen molar-refractivity contribution in [1.82, 2.24) is 34.8 Å². The lowest BCUT2D eigenvalue weighted by atomic mass is 10.0. The molecule has 3 aromatic heterocycles. The number of fused-ring (bicyclic) bond motifs is 1. The van der Waals surface area contributed by atoms with Crippen molar-refractivity contribution in [2.45, 2.75) is 65.7 Å². The molecule has 1 atom stereocenters. The minimum absolute atomic E-state index is 0.0101. The van der Waals surface area contributed by atoms with Gasteiger partial charge in [0, 0.05) is 54.6 Å². The van der Waals surface area contributed by atoms with E-state index in [-0.39, 0.29) is 11.8 Å². The summed E-state index contributed by atoms with van der Waals surface area (Å²) in [6.45, 7) is 8.00. The van der Waals surface area contributed by atoms with Crippen LogP contribution in [0.4, 0.5) is 0 Å². The van der Waals surface area contributed by atoms with E-state index in [1.165, 1.54) is 24.2 Å². The van der Waals surface area contributed by atoms with Gasteiger partial charge in [0.15, 0.2) is 5.69 Å². The van der Waals surface area contributed by atoms with Crippen molar-refractivity contribution in [3.05, 3.63) is 51.0 Å². The van der Waals surface area contributed by atoms with Crippen LogP contribution in [-0.2, 0) is 30.8 Å². The number of hydrogen-bond donors (Lipinski definition) is 1. The Hall–Kier alpha value is -3.01. The predicted molar refractivity (Wildman–Crippen MR) is 124 cm³/mol. The van der Waals surface area contributed by atoms with E-state index in [2.05, 4.69) is 15.4 Å². The molecular weight excluding hydrogens is 438 g/mol. The second-order valence-corrected chi connectivity index (χ2v) is 10.0. The number of hydrogen-bond acceptors (Lipinski definition) is 6. The highest BCUT2D eigenvalue weighted by Gasteiger charge is 2.34. The summed E-state index contributed by atoms with van der Waals surface area (Å²) in [5.41, 5.74) is 4.24. The van der Waals surface area contributed by atoms with Gasteiger partial charge in [-0.1, -0.05) is 0 Å². The summed E-state index contributed by atoms with van der Waals surface area (Å²) in [5.74, 6) is 0.443. The number of carbonyl (C=O) groups is 2. The first-order valence-electron chi connectivity index (χ1n) is 11.5. The van der Waals surface area contributed by atoms with Crippen LogP contribution >= 0.6 is 11.3 Å². The third-order valence-corrected chi connectivity index (χ3v) is 7.22. The molecule has 10 heteroatoms. The van der Waals surface area contributed by atoms with Crippen molar-refractivity contribution in [3.8, 4) is 0 Å². The van der Waals surface area contributed by atoms with Crippen LogP contribution < -0.4 is 5.32 Å². The highest BCUT2D eigenvalue weighted by Crippen LogP contribution is 2.33. The Kier molecular flexibility index (Phi) is 5.77. The monoisotopic (exact) mass is 467 g/mol. The molecule has 1 aliphatic carbocycles. The van der Waals surface area contributed by atoms with Gasteiger partial charge >= 0.3 is 0 Å². The lowest BCUT2D eigenvalue weighted by molar-refractivity contribution is -0.135. The minimum atomic E-state index is -0.399. The molecule has 9 nitrogen and oxygen atoms in total. The normalized spacial score (nSPS) is 16.5. The Balaban J connectivity index is 1.37. The fourth-order valence-electron chi connectivity index (χ4n) is 4.54. The Bertz CT molecular complexity index is 1180. The van der Waals surface area contributed by atoms with E-state index in [4.69, 9.17) is 5.10 Å². The molecule has 33 heavy (non-hydrogen) atoms. The lowest BCUT2D eigenvalue weighted by Crippen LogP contribution is -2.41. The Morgan fingerprint density at radius 1 is 1.27 bits per heavy atom. The molecule has 0 saturated heterocycles. The predicted octanol–water partition coefficient (Wildman–Crippen LogP) is 2.64. The fourth-order valence-corrected chi connectivity index (χ4v) is 5.10. The number of amides is 2.